The molecule has 0 unspecified atom stereocenters. The van der Waals surface area contributed by atoms with Crippen molar-refractivity contribution in [3.63, 3.8) is 0 Å². The van der Waals surface area contributed by atoms with E-state index in [4.69, 9.17) is 9.47 Å². The molecule has 2 bridgehead atoms. The first-order valence-corrected chi connectivity index (χ1v) is 10.6. The van der Waals surface area contributed by atoms with Gasteiger partial charge >= 0.3 is 0 Å². The van der Waals surface area contributed by atoms with Crippen LogP contribution in [0, 0.1) is 5.41 Å². The predicted octanol–water partition coefficient (Wildman–Crippen LogP) is 3.30. The lowest BCUT2D eigenvalue weighted by molar-refractivity contribution is -0.950. The molecule has 2 aromatic carbocycles. The summed E-state index contributed by atoms with van der Waals surface area (Å²) in [7, 11) is 0. The normalized spacial score (nSPS) is 30.6. The zero-order valence-corrected chi connectivity index (χ0v) is 16.4. The van der Waals surface area contributed by atoms with E-state index >= 15 is 0 Å². The maximum absolute atomic E-state index is 12.4. The molecule has 2 aromatic rings. The van der Waals surface area contributed by atoms with Gasteiger partial charge in [-0.1, -0.05) is 60.7 Å². The molecule has 0 aromatic heterocycles. The van der Waals surface area contributed by atoms with E-state index < -0.39 is 5.60 Å². The van der Waals surface area contributed by atoms with Crippen molar-refractivity contribution in [1.29, 1.82) is 0 Å². The Balaban J connectivity index is 1.48. The summed E-state index contributed by atoms with van der Waals surface area (Å²) in [5.41, 5.74) is 0.968. The van der Waals surface area contributed by atoms with Crippen molar-refractivity contribution in [3.8, 4) is 0 Å². The second kappa shape index (κ2) is 6.96. The van der Waals surface area contributed by atoms with Gasteiger partial charge in [0.15, 0.2) is 0 Å². The van der Waals surface area contributed by atoms with Crippen LogP contribution in [0.1, 0.15) is 30.4 Å². The summed E-state index contributed by atoms with van der Waals surface area (Å²) >= 11 is 0. The third kappa shape index (κ3) is 2.82. The Bertz CT molecular complexity index is 737. The maximum atomic E-state index is 12.4. The average molecular weight is 381 g/mol. The SMILES string of the molecule is OC(c1ccccc1)(c1ccccc1)C12CC[N+](CC3OCCO3)(CC1)CC2. The van der Waals surface area contributed by atoms with Crippen LogP contribution in [0.3, 0.4) is 0 Å². The zero-order chi connectivity index (χ0) is 19.1. The van der Waals surface area contributed by atoms with Gasteiger partial charge in [-0.05, 0) is 11.1 Å². The molecule has 0 aliphatic carbocycles. The molecule has 28 heavy (non-hydrogen) atoms. The predicted molar refractivity (Wildman–Crippen MR) is 108 cm³/mol. The monoisotopic (exact) mass is 380 g/mol. The summed E-state index contributed by atoms with van der Waals surface area (Å²) in [6, 6.07) is 20.6. The second-order valence-electron chi connectivity index (χ2n) is 8.84. The fraction of sp³-hybridized carbons (Fsp3) is 0.500. The lowest BCUT2D eigenvalue weighted by Gasteiger charge is -2.60. The number of benzene rings is 2. The van der Waals surface area contributed by atoms with E-state index in [0.29, 0.717) is 0 Å². The fourth-order valence-corrected chi connectivity index (χ4v) is 5.85. The number of ether oxygens (including phenoxy) is 2. The highest BCUT2D eigenvalue weighted by atomic mass is 16.7. The first-order valence-electron chi connectivity index (χ1n) is 10.6. The Morgan fingerprint density at radius 1 is 0.821 bits per heavy atom. The van der Waals surface area contributed by atoms with Crippen molar-refractivity contribution >= 4 is 0 Å². The first kappa shape index (κ1) is 18.3. The van der Waals surface area contributed by atoms with Crippen LogP contribution in [0.5, 0.6) is 0 Å². The van der Waals surface area contributed by atoms with E-state index in [2.05, 4.69) is 24.3 Å². The van der Waals surface area contributed by atoms with Gasteiger partial charge in [0.25, 0.3) is 0 Å². The average Bonchev–Trinajstić information content (AvgIpc) is 3.28. The Hall–Kier alpha value is -1.72. The molecule has 4 aliphatic rings. The smallest absolute Gasteiger partial charge is 0.207 e. The minimum atomic E-state index is -0.952. The molecular weight excluding hydrogens is 350 g/mol. The molecule has 0 amide bonds. The molecule has 0 radical (unpaired) electrons. The van der Waals surface area contributed by atoms with Crippen LogP contribution in [0.25, 0.3) is 0 Å². The third-order valence-corrected chi connectivity index (χ3v) is 7.57. The van der Waals surface area contributed by atoms with Gasteiger partial charge in [-0.3, -0.25) is 0 Å². The summed E-state index contributed by atoms with van der Waals surface area (Å²) in [6.07, 6.45) is 3.03. The summed E-state index contributed by atoms with van der Waals surface area (Å²) in [4.78, 5) is 0. The second-order valence-corrected chi connectivity index (χ2v) is 8.84. The third-order valence-electron chi connectivity index (χ3n) is 7.57. The van der Waals surface area contributed by atoms with Crippen molar-refractivity contribution in [3.05, 3.63) is 71.8 Å². The number of piperidine rings is 3. The van der Waals surface area contributed by atoms with Gasteiger partial charge in [0.05, 0.1) is 32.8 Å². The molecule has 148 valence electrons. The highest BCUT2D eigenvalue weighted by Gasteiger charge is 2.60. The van der Waals surface area contributed by atoms with Crippen LogP contribution >= 0.6 is 0 Å². The van der Waals surface area contributed by atoms with Crippen LogP contribution in [0.4, 0.5) is 0 Å². The summed E-state index contributed by atoms with van der Waals surface area (Å²) < 4.78 is 12.6. The Morgan fingerprint density at radius 3 is 1.75 bits per heavy atom. The molecule has 4 heterocycles. The Morgan fingerprint density at radius 2 is 1.29 bits per heavy atom. The molecule has 6 rings (SSSR count). The molecule has 1 N–H and O–H groups in total. The zero-order valence-electron chi connectivity index (χ0n) is 16.4. The minimum absolute atomic E-state index is 0.0484. The van der Waals surface area contributed by atoms with E-state index in [1.807, 2.05) is 36.4 Å². The maximum Gasteiger partial charge on any atom is 0.207 e. The van der Waals surface area contributed by atoms with Crippen molar-refractivity contribution in [2.75, 3.05) is 39.4 Å². The van der Waals surface area contributed by atoms with Gasteiger partial charge in [-0.2, -0.15) is 0 Å². The largest absolute Gasteiger partial charge is 0.380 e. The number of rotatable bonds is 5. The van der Waals surface area contributed by atoms with Crippen molar-refractivity contribution in [2.45, 2.75) is 31.2 Å². The van der Waals surface area contributed by atoms with Gasteiger partial charge in [-0.25, -0.2) is 0 Å². The highest BCUT2D eigenvalue weighted by molar-refractivity contribution is 5.39. The number of quaternary nitrogens is 1. The topological polar surface area (TPSA) is 38.7 Å². The van der Waals surface area contributed by atoms with Crippen LogP contribution in [0.15, 0.2) is 60.7 Å². The van der Waals surface area contributed by atoms with Crippen molar-refractivity contribution in [1.82, 2.24) is 0 Å². The van der Waals surface area contributed by atoms with Gasteiger partial charge in [0, 0.05) is 24.7 Å². The van der Waals surface area contributed by atoms with E-state index in [1.54, 1.807) is 0 Å². The molecular formula is C24H30NO3+. The minimum Gasteiger partial charge on any atom is -0.380 e. The number of nitrogens with zero attached hydrogens (tertiary/aromatic N) is 1. The van der Waals surface area contributed by atoms with E-state index in [0.717, 1.165) is 74.3 Å². The number of hydrogen-bond donors (Lipinski definition) is 1. The van der Waals surface area contributed by atoms with Crippen LogP contribution in [-0.4, -0.2) is 55.3 Å². The van der Waals surface area contributed by atoms with Gasteiger partial charge in [0.1, 0.15) is 12.1 Å². The number of fused-ring (bicyclic) bond motifs is 3. The standard InChI is InChI=1S/C24H30NO3/c26-24(20-7-3-1-4-8-20,21-9-5-2-6-10-21)23-11-14-25(15-12-23,16-13-23)19-22-27-17-18-28-22/h1-10,22,26H,11-19H2/q+1. The van der Waals surface area contributed by atoms with Crippen LogP contribution in [-0.2, 0) is 15.1 Å². The number of hydrogen-bond acceptors (Lipinski definition) is 3. The molecule has 4 fully saturated rings. The Kier molecular flexibility index (Phi) is 4.55. The molecule has 4 aliphatic heterocycles. The quantitative estimate of drug-likeness (QED) is 0.809. The van der Waals surface area contributed by atoms with Gasteiger partial charge < -0.3 is 19.1 Å². The fourth-order valence-electron chi connectivity index (χ4n) is 5.85. The van der Waals surface area contributed by atoms with Crippen molar-refractivity contribution < 1.29 is 19.1 Å². The highest BCUT2D eigenvalue weighted by Crippen LogP contribution is 2.57. The lowest BCUT2D eigenvalue weighted by atomic mass is 9.56. The molecule has 0 saturated carbocycles. The molecule has 4 nitrogen and oxygen atoms in total. The Labute approximate surface area is 167 Å². The van der Waals surface area contributed by atoms with Gasteiger partial charge in [0.2, 0.25) is 6.29 Å². The molecule has 4 saturated heterocycles. The summed E-state index contributed by atoms with van der Waals surface area (Å²) in [6.45, 7) is 5.65. The number of aliphatic hydroxyl groups is 1. The van der Waals surface area contributed by atoms with Crippen molar-refractivity contribution in [2.24, 2.45) is 5.41 Å². The van der Waals surface area contributed by atoms with Crippen LogP contribution < -0.4 is 0 Å². The van der Waals surface area contributed by atoms with E-state index in [9.17, 15) is 5.11 Å². The molecule has 0 atom stereocenters. The summed E-state index contributed by atoms with van der Waals surface area (Å²) in [5.74, 6) is 0. The van der Waals surface area contributed by atoms with Crippen LogP contribution in [0.2, 0.25) is 0 Å². The first-order chi connectivity index (χ1) is 13.7. The van der Waals surface area contributed by atoms with Gasteiger partial charge in [-0.15, -0.1) is 0 Å². The van der Waals surface area contributed by atoms with E-state index in [1.165, 1.54) is 0 Å². The lowest BCUT2D eigenvalue weighted by Crippen LogP contribution is -2.68. The van der Waals surface area contributed by atoms with E-state index in [-0.39, 0.29) is 11.7 Å². The summed E-state index contributed by atoms with van der Waals surface area (Å²) in [5, 5.41) is 12.4. The molecule has 4 heteroatoms. The molecule has 0 spiro atoms.